The summed E-state index contributed by atoms with van der Waals surface area (Å²) in [7, 11) is 0. The molecule has 1 fully saturated rings. The molecule has 1 amide bonds. The molecule has 25 heavy (non-hydrogen) atoms. The van der Waals surface area contributed by atoms with Crippen molar-refractivity contribution in [1.29, 1.82) is 0 Å². The molecule has 1 aliphatic heterocycles. The standard InChI is InChI=1S/C18H17N3O2S2/c1-12-19-16(24-10-8-21-7-9-23-18(21)22)14-11-15(25-17(14)20-12)13-5-3-2-4-6-13/h2-6,11H,7-10H2,1H3. The number of carbonyl (C=O) groups excluding carboxylic acids is 1. The van der Waals surface area contributed by atoms with Gasteiger partial charge in [0.15, 0.2) is 0 Å². The first kappa shape index (κ1) is 16.4. The maximum absolute atomic E-state index is 11.5. The van der Waals surface area contributed by atoms with Crippen LogP contribution in [-0.2, 0) is 4.74 Å². The molecule has 0 unspecified atom stereocenters. The van der Waals surface area contributed by atoms with Crippen LogP contribution in [0.25, 0.3) is 20.7 Å². The molecule has 128 valence electrons. The number of carbonyl (C=O) groups is 1. The normalized spacial score (nSPS) is 14.3. The van der Waals surface area contributed by atoms with Crippen LogP contribution in [0.2, 0.25) is 0 Å². The van der Waals surface area contributed by atoms with Crippen LogP contribution >= 0.6 is 23.1 Å². The fourth-order valence-electron chi connectivity index (χ4n) is 2.73. The average molecular weight is 371 g/mol. The number of fused-ring (bicyclic) bond motifs is 1. The molecule has 2 aromatic heterocycles. The van der Waals surface area contributed by atoms with Gasteiger partial charge in [0.05, 0.1) is 6.54 Å². The van der Waals surface area contributed by atoms with E-state index >= 15 is 0 Å². The minimum atomic E-state index is -0.216. The van der Waals surface area contributed by atoms with Gasteiger partial charge in [0.25, 0.3) is 0 Å². The number of benzene rings is 1. The summed E-state index contributed by atoms with van der Waals surface area (Å²) < 4.78 is 4.96. The summed E-state index contributed by atoms with van der Waals surface area (Å²) in [6.45, 7) is 3.76. The first-order valence-corrected chi connectivity index (χ1v) is 9.89. The fourth-order valence-corrected chi connectivity index (χ4v) is 4.89. The van der Waals surface area contributed by atoms with Crippen molar-refractivity contribution in [3.8, 4) is 10.4 Å². The van der Waals surface area contributed by atoms with E-state index in [1.54, 1.807) is 28.0 Å². The molecule has 1 saturated heterocycles. The number of nitrogens with zero attached hydrogens (tertiary/aromatic N) is 3. The van der Waals surface area contributed by atoms with Crippen molar-refractivity contribution in [3.63, 3.8) is 0 Å². The third-order valence-electron chi connectivity index (χ3n) is 3.97. The van der Waals surface area contributed by atoms with Gasteiger partial charge >= 0.3 is 6.09 Å². The van der Waals surface area contributed by atoms with Crippen molar-refractivity contribution in [1.82, 2.24) is 14.9 Å². The van der Waals surface area contributed by atoms with E-state index in [9.17, 15) is 4.79 Å². The van der Waals surface area contributed by atoms with Gasteiger partial charge in [-0.2, -0.15) is 0 Å². The molecule has 4 rings (SSSR count). The molecule has 0 saturated carbocycles. The summed E-state index contributed by atoms with van der Waals surface area (Å²) in [4.78, 5) is 24.7. The van der Waals surface area contributed by atoms with E-state index in [0.717, 1.165) is 26.8 Å². The predicted molar refractivity (Wildman–Crippen MR) is 101 cm³/mol. The molecule has 3 heterocycles. The highest BCUT2D eigenvalue weighted by Gasteiger charge is 2.21. The maximum atomic E-state index is 11.5. The third kappa shape index (κ3) is 3.48. The number of aromatic nitrogens is 2. The lowest BCUT2D eigenvalue weighted by Gasteiger charge is -2.11. The SMILES string of the molecule is Cc1nc(SCCN2CCOC2=O)c2cc(-c3ccccc3)sc2n1. The van der Waals surface area contributed by atoms with E-state index in [2.05, 4.69) is 28.2 Å². The molecule has 0 N–H and O–H groups in total. The van der Waals surface area contributed by atoms with E-state index in [1.165, 1.54) is 10.4 Å². The molecular formula is C18H17N3O2S2. The second kappa shape index (κ2) is 7.01. The maximum Gasteiger partial charge on any atom is 0.409 e. The van der Waals surface area contributed by atoms with E-state index in [1.807, 2.05) is 25.1 Å². The van der Waals surface area contributed by atoms with Crippen molar-refractivity contribution >= 4 is 39.4 Å². The summed E-state index contributed by atoms with van der Waals surface area (Å²) in [5.74, 6) is 1.56. The van der Waals surface area contributed by atoms with E-state index in [4.69, 9.17) is 4.74 Å². The van der Waals surface area contributed by atoms with Crippen LogP contribution in [-0.4, -0.2) is 46.4 Å². The van der Waals surface area contributed by atoms with Crippen molar-refractivity contribution in [3.05, 3.63) is 42.2 Å². The summed E-state index contributed by atoms with van der Waals surface area (Å²) in [5, 5.41) is 2.07. The molecule has 1 aliphatic rings. The van der Waals surface area contributed by atoms with Crippen LogP contribution in [0.15, 0.2) is 41.4 Å². The highest BCUT2D eigenvalue weighted by atomic mass is 32.2. The lowest BCUT2D eigenvalue weighted by molar-refractivity contribution is 0.160. The highest BCUT2D eigenvalue weighted by molar-refractivity contribution is 7.99. The Hall–Kier alpha value is -2.12. The lowest BCUT2D eigenvalue weighted by atomic mass is 10.2. The molecule has 0 spiro atoms. The Morgan fingerprint density at radius 1 is 1.28 bits per heavy atom. The van der Waals surface area contributed by atoms with Gasteiger partial charge < -0.3 is 9.64 Å². The van der Waals surface area contributed by atoms with Crippen LogP contribution in [0, 0.1) is 6.92 Å². The largest absolute Gasteiger partial charge is 0.448 e. The van der Waals surface area contributed by atoms with Crippen molar-refractivity contribution in [2.45, 2.75) is 11.9 Å². The Morgan fingerprint density at radius 3 is 2.88 bits per heavy atom. The second-order valence-corrected chi connectivity index (χ2v) is 7.84. The quantitative estimate of drug-likeness (QED) is 0.497. The molecule has 5 nitrogen and oxygen atoms in total. The van der Waals surface area contributed by atoms with Gasteiger partial charge in [0, 0.05) is 22.6 Å². The highest BCUT2D eigenvalue weighted by Crippen LogP contribution is 2.36. The van der Waals surface area contributed by atoms with Crippen LogP contribution in [0.5, 0.6) is 0 Å². The number of hydrogen-bond donors (Lipinski definition) is 0. The minimum Gasteiger partial charge on any atom is -0.448 e. The first-order valence-electron chi connectivity index (χ1n) is 8.09. The van der Waals surface area contributed by atoms with Gasteiger partial charge in [-0.05, 0) is 18.6 Å². The summed E-state index contributed by atoms with van der Waals surface area (Å²) in [5.41, 5.74) is 1.19. The molecule has 7 heteroatoms. The molecular weight excluding hydrogens is 354 g/mol. The Morgan fingerprint density at radius 2 is 2.12 bits per heavy atom. The summed E-state index contributed by atoms with van der Waals surface area (Å²) in [6, 6.07) is 12.5. The van der Waals surface area contributed by atoms with Gasteiger partial charge in [-0.25, -0.2) is 14.8 Å². The van der Waals surface area contributed by atoms with Crippen LogP contribution < -0.4 is 0 Å². The molecule has 0 bridgehead atoms. The van der Waals surface area contributed by atoms with Gasteiger partial charge in [0.1, 0.15) is 22.3 Å². The van der Waals surface area contributed by atoms with Crippen molar-refractivity contribution < 1.29 is 9.53 Å². The minimum absolute atomic E-state index is 0.216. The number of thiophene rings is 1. The Bertz CT molecular complexity index is 911. The van der Waals surface area contributed by atoms with Gasteiger partial charge in [-0.15, -0.1) is 23.1 Å². The Balaban J connectivity index is 1.57. The predicted octanol–water partition coefficient (Wildman–Crippen LogP) is 4.21. The number of cyclic esters (lactones) is 1. The number of amides is 1. The number of thioether (sulfide) groups is 1. The molecule has 0 radical (unpaired) electrons. The number of aryl methyl sites for hydroxylation is 1. The zero-order chi connectivity index (χ0) is 17.2. The zero-order valence-corrected chi connectivity index (χ0v) is 15.4. The van der Waals surface area contributed by atoms with E-state index in [0.29, 0.717) is 19.7 Å². The molecule has 0 aliphatic carbocycles. The summed E-state index contributed by atoms with van der Waals surface area (Å²) in [6.07, 6.45) is -0.216. The van der Waals surface area contributed by atoms with Crippen LogP contribution in [0.1, 0.15) is 5.82 Å². The molecule has 1 aromatic carbocycles. The molecule has 3 aromatic rings. The third-order valence-corrected chi connectivity index (χ3v) is 6.02. The number of ether oxygens (including phenoxy) is 1. The van der Waals surface area contributed by atoms with Gasteiger partial charge in [-0.3, -0.25) is 0 Å². The van der Waals surface area contributed by atoms with Crippen LogP contribution in [0.3, 0.4) is 0 Å². The van der Waals surface area contributed by atoms with Crippen molar-refractivity contribution in [2.24, 2.45) is 0 Å². The molecule has 0 atom stereocenters. The fraction of sp³-hybridized carbons (Fsp3) is 0.278. The average Bonchev–Trinajstić information content (AvgIpc) is 3.22. The van der Waals surface area contributed by atoms with Crippen LogP contribution in [0.4, 0.5) is 4.79 Å². The monoisotopic (exact) mass is 371 g/mol. The second-order valence-electron chi connectivity index (χ2n) is 5.72. The van der Waals surface area contributed by atoms with Gasteiger partial charge in [-0.1, -0.05) is 30.3 Å². The van der Waals surface area contributed by atoms with Gasteiger partial charge in [0.2, 0.25) is 0 Å². The van der Waals surface area contributed by atoms with E-state index < -0.39 is 0 Å². The number of rotatable bonds is 5. The number of hydrogen-bond acceptors (Lipinski definition) is 6. The zero-order valence-electron chi connectivity index (χ0n) is 13.8. The lowest BCUT2D eigenvalue weighted by Crippen LogP contribution is -2.26. The van der Waals surface area contributed by atoms with E-state index in [-0.39, 0.29) is 6.09 Å². The first-order chi connectivity index (χ1) is 12.2. The Labute approximate surface area is 154 Å². The smallest absolute Gasteiger partial charge is 0.409 e. The summed E-state index contributed by atoms with van der Waals surface area (Å²) >= 11 is 3.36. The van der Waals surface area contributed by atoms with Crippen molar-refractivity contribution in [2.75, 3.05) is 25.4 Å². The topological polar surface area (TPSA) is 55.3 Å². The Kier molecular flexibility index (Phi) is 4.59.